The third-order valence-electron chi connectivity index (χ3n) is 9.47. The maximum Gasteiger partial charge on any atom is -1.00 e. The van der Waals surface area contributed by atoms with Crippen molar-refractivity contribution in [1.82, 2.24) is 0 Å². The van der Waals surface area contributed by atoms with E-state index in [1.54, 1.807) is 0 Å². The number of benzene rings is 4. The van der Waals surface area contributed by atoms with Crippen molar-refractivity contribution in [2.75, 3.05) is 0 Å². The van der Waals surface area contributed by atoms with E-state index in [4.69, 9.17) is 0 Å². The quantitative estimate of drug-likeness (QED) is 0.123. The zero-order valence-electron chi connectivity index (χ0n) is 33.8. The van der Waals surface area contributed by atoms with E-state index in [-0.39, 0.29) is 46.8 Å². The van der Waals surface area contributed by atoms with Crippen LogP contribution in [-0.4, -0.2) is 3.21 Å². The first kappa shape index (κ1) is 49.3. The monoisotopic (exact) mass is 888 g/mol. The molecule has 0 saturated carbocycles. The number of alkyl halides is 6. The second-order valence-electron chi connectivity index (χ2n) is 17.2. The molecule has 0 bridgehead atoms. The first-order chi connectivity index (χ1) is 24.7. The minimum absolute atomic E-state index is 0. The summed E-state index contributed by atoms with van der Waals surface area (Å²) in [5.74, 6) is 0.518. The number of hydrogen-bond donors (Lipinski definition) is 0. The fourth-order valence-electron chi connectivity index (χ4n) is 6.47. The van der Waals surface area contributed by atoms with Gasteiger partial charge in [-0.15, -0.1) is 39.7 Å². The Kier molecular flexibility index (Phi) is 16.2. The van der Waals surface area contributed by atoms with Crippen molar-refractivity contribution in [3.8, 4) is 0 Å². The third-order valence-corrected chi connectivity index (χ3v) is 10.9. The van der Waals surface area contributed by atoms with Crippen molar-refractivity contribution < 1.29 is 75.4 Å². The largest absolute Gasteiger partial charge is 1.00 e. The average molecular weight is 891 g/mol. The molecule has 0 fully saturated rings. The Labute approximate surface area is 356 Å². The smallest absolute Gasteiger partial charge is 1.00 e. The molecule has 0 aromatic heterocycles. The molecule has 0 N–H and O–H groups in total. The first-order valence-corrected chi connectivity index (χ1v) is 19.3. The van der Waals surface area contributed by atoms with Crippen LogP contribution < -0.4 is 24.8 Å². The van der Waals surface area contributed by atoms with Gasteiger partial charge in [-0.05, 0) is 10.8 Å². The standard InChI is InChI=1S/C21H25.C15H8F6.C11H17.2ClH.Zr/c1-20(2,3)16-7-9-18-14(12-16)11-15-13-17(21(4,5)6)8-10-19(15)18;16-14(17,18)12-5-1-3-10(8-12)7-11-4-2-6-13(9-11)15(19,20)21;1-8-6-9(2)10(7-8)11(3,4)5;;;/h7-13H,1-6H3;1-6,8-9H;7-8H,1-5H3;2*1H;/q-1;;-1;;;+2/p-2. The van der Waals surface area contributed by atoms with E-state index >= 15 is 0 Å². The molecule has 5 aromatic carbocycles. The summed E-state index contributed by atoms with van der Waals surface area (Å²) >= 11 is 0.729. The van der Waals surface area contributed by atoms with Gasteiger partial charge in [0.05, 0.1) is 0 Å². The Hall–Kier alpha value is -2.86. The van der Waals surface area contributed by atoms with Gasteiger partial charge in [-0.1, -0.05) is 123 Å². The summed E-state index contributed by atoms with van der Waals surface area (Å²) in [5, 5.41) is 5.48. The molecule has 1 aliphatic carbocycles. The van der Waals surface area contributed by atoms with Crippen LogP contribution in [0.3, 0.4) is 0 Å². The van der Waals surface area contributed by atoms with Gasteiger partial charge in [0.25, 0.3) is 0 Å². The number of allylic oxidation sites excluding steroid dienone is 4. The van der Waals surface area contributed by atoms with Gasteiger partial charge in [0, 0.05) is 0 Å². The minimum atomic E-state index is -4.49. The predicted molar refractivity (Wildman–Crippen MR) is 210 cm³/mol. The van der Waals surface area contributed by atoms with E-state index in [1.807, 2.05) is 0 Å². The van der Waals surface area contributed by atoms with E-state index in [1.165, 1.54) is 68.1 Å². The Balaban J connectivity index is 0.000000300. The van der Waals surface area contributed by atoms with Crippen molar-refractivity contribution in [3.63, 3.8) is 0 Å². The maximum absolute atomic E-state index is 12.7. The summed E-state index contributed by atoms with van der Waals surface area (Å²) in [6.45, 7) is 24.7. The van der Waals surface area contributed by atoms with Gasteiger partial charge >= 0.3 is 137 Å². The zero-order chi connectivity index (χ0) is 40.6. The van der Waals surface area contributed by atoms with Gasteiger partial charge < -0.3 is 24.8 Å². The van der Waals surface area contributed by atoms with Crippen LogP contribution in [0.5, 0.6) is 0 Å². The molecule has 1 aliphatic rings. The van der Waals surface area contributed by atoms with Crippen LogP contribution in [0.25, 0.3) is 21.5 Å². The molecule has 5 aromatic rings. The van der Waals surface area contributed by atoms with Gasteiger partial charge in [-0.25, -0.2) is 5.57 Å². The summed E-state index contributed by atoms with van der Waals surface area (Å²) in [7, 11) is 0. The molecule has 0 heterocycles. The van der Waals surface area contributed by atoms with Crippen molar-refractivity contribution in [3.05, 3.63) is 148 Å². The predicted octanol–water partition coefficient (Wildman–Crippen LogP) is 8.51. The molecule has 0 nitrogen and oxygen atoms in total. The maximum atomic E-state index is 12.7. The topological polar surface area (TPSA) is 0 Å². The second kappa shape index (κ2) is 18.4. The molecule has 0 radical (unpaired) electrons. The van der Waals surface area contributed by atoms with E-state index in [0.717, 1.165) is 48.5 Å². The van der Waals surface area contributed by atoms with E-state index < -0.39 is 23.5 Å². The summed E-state index contributed by atoms with van der Waals surface area (Å²) in [4.78, 5) is 0. The molecule has 0 saturated heterocycles. The molecular weight excluding hydrogens is 841 g/mol. The molecule has 300 valence electrons. The van der Waals surface area contributed by atoms with Crippen molar-refractivity contribution in [2.45, 2.75) is 99.3 Å². The summed E-state index contributed by atoms with van der Waals surface area (Å²) in [5.41, 5.74) is 5.20. The van der Waals surface area contributed by atoms with Crippen LogP contribution in [0, 0.1) is 17.4 Å². The molecule has 1 atom stereocenters. The zero-order valence-corrected chi connectivity index (χ0v) is 37.8. The van der Waals surface area contributed by atoms with Gasteiger partial charge in [-0.2, -0.15) is 11.6 Å². The molecule has 1 unspecified atom stereocenters. The van der Waals surface area contributed by atoms with Crippen molar-refractivity contribution in [1.29, 1.82) is 0 Å². The number of fused-ring (bicyclic) bond motifs is 3. The Morgan fingerprint density at radius 1 is 0.571 bits per heavy atom. The van der Waals surface area contributed by atoms with Crippen molar-refractivity contribution in [2.24, 2.45) is 11.3 Å². The van der Waals surface area contributed by atoms with Crippen LogP contribution in [-0.2, 0) is 47.4 Å². The van der Waals surface area contributed by atoms with Crippen LogP contribution in [0.2, 0.25) is 0 Å². The Morgan fingerprint density at radius 2 is 0.964 bits per heavy atom. The van der Waals surface area contributed by atoms with Crippen LogP contribution in [0.1, 0.15) is 110 Å². The molecular formula is C47H50Cl2F6Zr-2. The third kappa shape index (κ3) is 12.6. The van der Waals surface area contributed by atoms with Crippen molar-refractivity contribution >= 4 is 24.8 Å². The molecule has 0 spiro atoms. The summed E-state index contributed by atoms with van der Waals surface area (Å²) in [6.07, 6.45) is -3.26. The minimum Gasteiger partial charge on any atom is -1.00 e. The molecule has 6 rings (SSSR count). The van der Waals surface area contributed by atoms with Crippen LogP contribution in [0.4, 0.5) is 26.3 Å². The summed E-state index contributed by atoms with van der Waals surface area (Å²) < 4.78 is 76.7. The van der Waals surface area contributed by atoms with Gasteiger partial charge in [0.2, 0.25) is 0 Å². The number of rotatable bonds is 2. The SMILES string of the molecule is CC(C)(C)c1ccc2c(c1)[cH-]c1cc(C(C)(C)C)ccc12.CC1=[C-]C(C)C=C1C(C)(C)C.FC(F)(F)c1cccc([C](=[Zr+2])c2cccc(C(F)(F)F)c2)c1.[Cl-].[Cl-]. The molecule has 0 amide bonds. The normalized spacial score (nSPS) is 14.7. The average Bonchev–Trinajstić information content (AvgIpc) is 3.61. The number of halogens is 8. The number of hydrogen-bond acceptors (Lipinski definition) is 0. The molecule has 0 aliphatic heterocycles. The Morgan fingerprint density at radius 3 is 1.25 bits per heavy atom. The fourth-order valence-corrected chi connectivity index (χ4v) is 7.24. The first-order valence-electron chi connectivity index (χ1n) is 18.1. The van der Waals surface area contributed by atoms with Crippen LogP contribution >= 0.6 is 0 Å². The van der Waals surface area contributed by atoms with E-state index in [0.29, 0.717) is 14.5 Å². The van der Waals surface area contributed by atoms with Gasteiger partial charge in [0.15, 0.2) is 0 Å². The second-order valence-corrected chi connectivity index (χ2v) is 18.4. The van der Waals surface area contributed by atoms with E-state index in [2.05, 4.69) is 131 Å². The van der Waals surface area contributed by atoms with Crippen LogP contribution in [0.15, 0.2) is 108 Å². The van der Waals surface area contributed by atoms with Gasteiger partial charge in [0.1, 0.15) is 0 Å². The fraction of sp³-hybridized carbons (Fsp3) is 0.362. The summed E-state index contributed by atoms with van der Waals surface area (Å²) in [6, 6.07) is 25.3. The van der Waals surface area contributed by atoms with Gasteiger partial charge in [-0.3, -0.25) is 6.08 Å². The molecule has 56 heavy (non-hydrogen) atoms. The van der Waals surface area contributed by atoms with E-state index in [9.17, 15) is 26.3 Å². The molecule has 9 heteroatoms. The Bertz CT molecular complexity index is 2070.